The summed E-state index contributed by atoms with van der Waals surface area (Å²) in [5, 5.41) is 2.94. The highest BCUT2D eigenvalue weighted by Crippen LogP contribution is 2.17. The third kappa shape index (κ3) is 5.77. The second kappa shape index (κ2) is 9.32. The van der Waals surface area contributed by atoms with Crippen molar-refractivity contribution in [3.63, 3.8) is 0 Å². The maximum absolute atomic E-state index is 12.7. The van der Waals surface area contributed by atoms with Gasteiger partial charge in [-0.05, 0) is 50.5 Å². The first-order chi connectivity index (χ1) is 12.8. The Hall–Kier alpha value is -1.93. The molecule has 2 amide bonds. The summed E-state index contributed by atoms with van der Waals surface area (Å²) in [5.41, 5.74) is 0.444. The standard InChI is InChI=1S/C19H29N3O4S/c1-4-14(3)21-27(25,26)17-10-8-15(9-11-17)19(24)22-12-6-7-16(13-22)20-18(23)5-2/h8-11,14,16,21H,4-7,12-13H2,1-3H3,(H,20,23). The van der Waals surface area contributed by atoms with E-state index in [0.29, 0.717) is 31.5 Å². The van der Waals surface area contributed by atoms with Crippen LogP contribution in [-0.2, 0) is 14.8 Å². The van der Waals surface area contributed by atoms with Crippen LogP contribution in [0.2, 0.25) is 0 Å². The zero-order valence-corrected chi connectivity index (χ0v) is 17.0. The maximum Gasteiger partial charge on any atom is 0.253 e. The van der Waals surface area contributed by atoms with Crippen molar-refractivity contribution in [2.75, 3.05) is 13.1 Å². The molecule has 2 unspecified atom stereocenters. The van der Waals surface area contributed by atoms with Gasteiger partial charge in [-0.2, -0.15) is 0 Å². The Balaban J connectivity index is 2.05. The lowest BCUT2D eigenvalue weighted by molar-refractivity contribution is -0.121. The summed E-state index contributed by atoms with van der Waals surface area (Å²) in [6.45, 7) is 6.61. The molecule has 1 fully saturated rings. The number of hydrogen-bond acceptors (Lipinski definition) is 4. The van der Waals surface area contributed by atoms with Crippen LogP contribution in [0.3, 0.4) is 0 Å². The highest BCUT2D eigenvalue weighted by Gasteiger charge is 2.25. The quantitative estimate of drug-likeness (QED) is 0.737. The number of piperidine rings is 1. The Morgan fingerprint density at radius 1 is 1.22 bits per heavy atom. The predicted octanol–water partition coefficient (Wildman–Crippen LogP) is 1.89. The molecule has 0 spiro atoms. The number of carbonyl (C=O) groups excluding carboxylic acids is 2. The molecule has 1 aromatic rings. The van der Waals surface area contributed by atoms with Crippen LogP contribution in [0, 0.1) is 0 Å². The Morgan fingerprint density at radius 3 is 2.48 bits per heavy atom. The van der Waals surface area contributed by atoms with Crippen LogP contribution in [0.5, 0.6) is 0 Å². The van der Waals surface area contributed by atoms with Crippen LogP contribution in [0.25, 0.3) is 0 Å². The van der Waals surface area contributed by atoms with E-state index in [-0.39, 0.29) is 28.8 Å². The van der Waals surface area contributed by atoms with Gasteiger partial charge in [-0.1, -0.05) is 13.8 Å². The molecule has 8 heteroatoms. The molecule has 0 bridgehead atoms. The van der Waals surface area contributed by atoms with Crippen molar-refractivity contribution in [1.82, 2.24) is 14.9 Å². The first-order valence-corrected chi connectivity index (χ1v) is 11.0. The van der Waals surface area contributed by atoms with E-state index in [0.717, 1.165) is 12.8 Å². The maximum atomic E-state index is 12.7. The van der Waals surface area contributed by atoms with Crippen molar-refractivity contribution >= 4 is 21.8 Å². The number of rotatable bonds is 7. The molecule has 0 radical (unpaired) electrons. The number of nitrogens with zero attached hydrogens (tertiary/aromatic N) is 1. The fourth-order valence-electron chi connectivity index (χ4n) is 2.98. The SMILES string of the molecule is CCC(=O)NC1CCCN(C(=O)c2ccc(S(=O)(=O)NC(C)CC)cc2)C1. The Labute approximate surface area is 161 Å². The van der Waals surface area contributed by atoms with Gasteiger partial charge in [0.25, 0.3) is 5.91 Å². The fraction of sp³-hybridized carbons (Fsp3) is 0.579. The molecule has 1 saturated heterocycles. The van der Waals surface area contributed by atoms with E-state index in [9.17, 15) is 18.0 Å². The number of sulfonamides is 1. The summed E-state index contributed by atoms with van der Waals surface area (Å²) in [6, 6.07) is 5.81. The van der Waals surface area contributed by atoms with Crippen LogP contribution in [-0.4, -0.2) is 50.3 Å². The van der Waals surface area contributed by atoms with Crippen LogP contribution < -0.4 is 10.0 Å². The third-order valence-corrected chi connectivity index (χ3v) is 6.38. The highest BCUT2D eigenvalue weighted by atomic mass is 32.2. The zero-order chi connectivity index (χ0) is 20.0. The predicted molar refractivity (Wildman–Crippen MR) is 104 cm³/mol. The number of benzene rings is 1. The van der Waals surface area contributed by atoms with Gasteiger partial charge in [-0.3, -0.25) is 9.59 Å². The molecule has 0 saturated carbocycles. The van der Waals surface area contributed by atoms with Gasteiger partial charge < -0.3 is 10.2 Å². The largest absolute Gasteiger partial charge is 0.352 e. The zero-order valence-electron chi connectivity index (χ0n) is 16.2. The number of nitrogens with one attached hydrogen (secondary N) is 2. The van der Waals surface area contributed by atoms with E-state index in [1.54, 1.807) is 30.9 Å². The van der Waals surface area contributed by atoms with Gasteiger partial charge in [0.2, 0.25) is 15.9 Å². The lowest BCUT2D eigenvalue weighted by atomic mass is 10.0. The van der Waals surface area contributed by atoms with E-state index in [4.69, 9.17) is 0 Å². The van der Waals surface area contributed by atoms with Crippen molar-refractivity contribution in [3.8, 4) is 0 Å². The molecule has 2 atom stereocenters. The van der Waals surface area contributed by atoms with E-state index < -0.39 is 10.0 Å². The fourth-order valence-corrected chi connectivity index (χ4v) is 4.31. The molecule has 1 aliphatic heterocycles. The van der Waals surface area contributed by atoms with Crippen molar-refractivity contribution in [2.24, 2.45) is 0 Å². The van der Waals surface area contributed by atoms with Gasteiger partial charge in [0.1, 0.15) is 0 Å². The van der Waals surface area contributed by atoms with E-state index in [2.05, 4.69) is 10.0 Å². The lowest BCUT2D eigenvalue weighted by Gasteiger charge is -2.33. The molecule has 2 rings (SSSR count). The summed E-state index contributed by atoms with van der Waals surface area (Å²) >= 11 is 0. The summed E-state index contributed by atoms with van der Waals surface area (Å²) in [6.07, 6.45) is 2.80. The Kier molecular flexibility index (Phi) is 7.38. The highest BCUT2D eigenvalue weighted by molar-refractivity contribution is 7.89. The molecular formula is C19H29N3O4S. The smallest absolute Gasteiger partial charge is 0.253 e. The molecule has 1 aliphatic rings. The van der Waals surface area contributed by atoms with Crippen molar-refractivity contribution < 1.29 is 18.0 Å². The number of hydrogen-bond donors (Lipinski definition) is 2. The average molecular weight is 396 g/mol. The molecule has 0 aromatic heterocycles. The second-order valence-electron chi connectivity index (χ2n) is 6.97. The minimum absolute atomic E-state index is 0.0160. The molecule has 1 heterocycles. The van der Waals surface area contributed by atoms with E-state index in [1.165, 1.54) is 12.1 Å². The minimum atomic E-state index is -3.59. The van der Waals surface area contributed by atoms with Gasteiger partial charge >= 0.3 is 0 Å². The molecule has 2 N–H and O–H groups in total. The minimum Gasteiger partial charge on any atom is -0.352 e. The topological polar surface area (TPSA) is 95.6 Å². The van der Waals surface area contributed by atoms with Crippen LogP contribution in [0.4, 0.5) is 0 Å². The molecule has 27 heavy (non-hydrogen) atoms. The van der Waals surface area contributed by atoms with Crippen molar-refractivity contribution in [1.29, 1.82) is 0 Å². The van der Waals surface area contributed by atoms with Crippen LogP contribution in [0.15, 0.2) is 29.2 Å². The summed E-state index contributed by atoms with van der Waals surface area (Å²) in [7, 11) is -3.59. The van der Waals surface area contributed by atoms with Gasteiger partial charge in [0, 0.05) is 37.2 Å². The van der Waals surface area contributed by atoms with E-state index in [1.807, 2.05) is 6.92 Å². The molecule has 1 aromatic carbocycles. The van der Waals surface area contributed by atoms with Crippen LogP contribution >= 0.6 is 0 Å². The molecule has 7 nitrogen and oxygen atoms in total. The average Bonchev–Trinajstić information content (AvgIpc) is 2.67. The molecular weight excluding hydrogens is 366 g/mol. The molecule has 150 valence electrons. The first kappa shape index (κ1) is 21.4. The normalized spacial score (nSPS) is 18.8. The van der Waals surface area contributed by atoms with Gasteiger partial charge in [-0.15, -0.1) is 0 Å². The summed E-state index contributed by atoms with van der Waals surface area (Å²) in [5.74, 6) is -0.165. The Morgan fingerprint density at radius 2 is 1.89 bits per heavy atom. The summed E-state index contributed by atoms with van der Waals surface area (Å²) < 4.78 is 27.2. The number of likely N-dealkylation sites (tertiary alicyclic amines) is 1. The van der Waals surface area contributed by atoms with Gasteiger partial charge in [0.15, 0.2) is 0 Å². The number of carbonyl (C=O) groups is 2. The molecule has 0 aliphatic carbocycles. The third-order valence-electron chi connectivity index (χ3n) is 4.78. The van der Waals surface area contributed by atoms with Gasteiger partial charge in [-0.25, -0.2) is 13.1 Å². The summed E-state index contributed by atoms with van der Waals surface area (Å²) in [4.78, 5) is 26.2. The first-order valence-electron chi connectivity index (χ1n) is 9.47. The number of amides is 2. The van der Waals surface area contributed by atoms with E-state index >= 15 is 0 Å². The van der Waals surface area contributed by atoms with Crippen molar-refractivity contribution in [3.05, 3.63) is 29.8 Å². The Bertz CT molecular complexity index is 762. The van der Waals surface area contributed by atoms with Gasteiger partial charge in [0.05, 0.1) is 4.90 Å². The van der Waals surface area contributed by atoms with Crippen molar-refractivity contribution in [2.45, 2.75) is 63.4 Å². The monoisotopic (exact) mass is 395 g/mol. The second-order valence-corrected chi connectivity index (χ2v) is 8.68. The van der Waals surface area contributed by atoms with Crippen LogP contribution in [0.1, 0.15) is 56.8 Å². The lowest BCUT2D eigenvalue weighted by Crippen LogP contribution is -2.49.